The van der Waals surface area contributed by atoms with Gasteiger partial charge in [0.25, 0.3) is 0 Å². The van der Waals surface area contributed by atoms with Crippen LogP contribution in [-0.2, 0) is 4.74 Å². The summed E-state index contributed by atoms with van der Waals surface area (Å²) in [5.41, 5.74) is 20.2. The van der Waals surface area contributed by atoms with Crippen LogP contribution in [0.25, 0.3) is 21.5 Å². The first-order chi connectivity index (χ1) is 26.8. The Morgan fingerprint density at radius 1 is 1.05 bits per heavy atom. The number of carboxylic acids is 1. The SMILES string of the molecule is CC(=NCC12CC3(C)CC4(OCCN5CCCC5)CC(C)(C1)C34C2)/C(=C\N)c1ccc(N2[C-]=C(/C(C)=C(\[NH-])Nc3nc4ccccc4s3)CCC2)nc1C(=O)O.[Li+]. The van der Waals surface area contributed by atoms with E-state index >= 15 is 0 Å². The summed E-state index contributed by atoms with van der Waals surface area (Å²) >= 11 is 1.51. The van der Waals surface area contributed by atoms with Crippen molar-refractivity contribution >= 4 is 49.8 Å². The van der Waals surface area contributed by atoms with Gasteiger partial charge in [-0.3, -0.25) is 9.98 Å². The van der Waals surface area contributed by atoms with Crippen LogP contribution < -0.4 is 34.8 Å². The summed E-state index contributed by atoms with van der Waals surface area (Å²) in [6.07, 6.45) is 14.9. The molecular formula is C44H54LiN8O3S-. The quantitative estimate of drug-likeness (QED) is 0.113. The van der Waals surface area contributed by atoms with Crippen LogP contribution in [0.2, 0.25) is 0 Å². The van der Waals surface area contributed by atoms with Crippen LogP contribution in [0.5, 0.6) is 0 Å². The largest absolute Gasteiger partial charge is 1.00 e. The molecule has 6 aliphatic rings. The molecule has 1 aromatic carbocycles. The van der Waals surface area contributed by atoms with Gasteiger partial charge in [0.15, 0.2) is 0 Å². The predicted molar refractivity (Wildman–Crippen MR) is 223 cm³/mol. The minimum Gasteiger partial charge on any atom is -0.493 e. The number of rotatable bonds is 13. The van der Waals surface area contributed by atoms with Crippen LogP contribution in [0, 0.1) is 27.9 Å². The van der Waals surface area contributed by atoms with Crippen molar-refractivity contribution in [3.05, 3.63) is 82.8 Å². The van der Waals surface area contributed by atoms with Crippen molar-refractivity contribution in [3.8, 4) is 0 Å². The van der Waals surface area contributed by atoms with Crippen LogP contribution in [0.3, 0.4) is 0 Å². The Labute approximate surface area is 352 Å². The number of aromatic nitrogens is 2. The number of ether oxygens (including phenoxy) is 1. The molecule has 5 N–H and O–H groups in total. The molecule has 2 aromatic heterocycles. The van der Waals surface area contributed by atoms with Gasteiger partial charge in [-0.1, -0.05) is 51.2 Å². The fourth-order valence-corrected chi connectivity index (χ4v) is 13.8. The molecule has 3 aromatic rings. The maximum atomic E-state index is 12.8. The monoisotopic (exact) mass is 781 g/mol. The molecule has 2 bridgehead atoms. The molecular weight excluding hydrogens is 728 g/mol. The molecule has 4 heterocycles. The number of hydrogen-bond donors (Lipinski definition) is 3. The molecule has 1 saturated heterocycles. The van der Waals surface area contributed by atoms with Gasteiger partial charge in [-0.15, -0.1) is 28.3 Å². The maximum Gasteiger partial charge on any atom is 1.00 e. The Morgan fingerprint density at radius 2 is 1.79 bits per heavy atom. The van der Waals surface area contributed by atoms with Crippen molar-refractivity contribution in [2.45, 2.75) is 91.1 Å². The van der Waals surface area contributed by atoms with Gasteiger partial charge in [0.05, 0.1) is 22.4 Å². The summed E-state index contributed by atoms with van der Waals surface area (Å²) in [6.45, 7) is 14.5. The summed E-state index contributed by atoms with van der Waals surface area (Å²) in [4.78, 5) is 31.7. The van der Waals surface area contributed by atoms with Gasteiger partial charge >= 0.3 is 24.8 Å². The van der Waals surface area contributed by atoms with E-state index in [9.17, 15) is 9.90 Å². The molecule has 11 nitrogen and oxygen atoms in total. The number of benzene rings is 1. The van der Waals surface area contributed by atoms with Crippen LogP contribution in [-0.4, -0.2) is 76.6 Å². The van der Waals surface area contributed by atoms with Gasteiger partial charge in [0, 0.05) is 53.9 Å². The topological polar surface area (TPSA) is 153 Å². The second-order valence-corrected chi connectivity index (χ2v) is 19.1. The van der Waals surface area contributed by atoms with Crippen molar-refractivity contribution in [3.63, 3.8) is 0 Å². The minimum absolute atomic E-state index is 0. The van der Waals surface area contributed by atoms with E-state index in [0.717, 1.165) is 85.2 Å². The number of carboxylic acid groups (broad SMARTS) is 1. The van der Waals surface area contributed by atoms with Crippen molar-refractivity contribution in [2.24, 2.45) is 32.4 Å². The molecule has 5 fully saturated rings. The van der Waals surface area contributed by atoms with E-state index in [-0.39, 0.29) is 57.6 Å². The van der Waals surface area contributed by atoms with E-state index in [0.29, 0.717) is 35.2 Å². The van der Waals surface area contributed by atoms with Crippen LogP contribution in [0.4, 0.5) is 10.9 Å². The number of hydrogen-bond acceptors (Lipinski definition) is 10. The second-order valence-electron chi connectivity index (χ2n) is 18.1. The number of allylic oxidation sites excluding steroid dienone is 3. The number of nitrogens with zero attached hydrogens (tertiary/aromatic N) is 5. The number of thiazole rings is 1. The van der Waals surface area contributed by atoms with Gasteiger partial charge in [-0.05, 0) is 106 Å². The average molecular weight is 782 g/mol. The van der Waals surface area contributed by atoms with E-state index in [1.54, 1.807) is 6.07 Å². The Morgan fingerprint density at radius 3 is 2.49 bits per heavy atom. The van der Waals surface area contributed by atoms with Crippen LogP contribution >= 0.6 is 11.3 Å². The number of fused-ring (bicyclic) bond motifs is 2. The maximum absolute atomic E-state index is 12.8. The fraction of sp³-hybridized carbons (Fsp3) is 0.545. The zero-order valence-corrected chi connectivity index (χ0v) is 34.9. The molecule has 0 amide bonds. The number of aromatic carboxylic acids is 1. The van der Waals surface area contributed by atoms with Crippen LogP contribution in [0.15, 0.2) is 64.6 Å². The number of nitrogens with two attached hydrogens (primary N) is 1. The smallest absolute Gasteiger partial charge is 0.493 e. The number of anilines is 2. The standard InChI is InChI=1S/C44H54N8O3S.Li/c1-28(37(46)50-39-48-33-11-5-6-12-34(33)56-39)30-10-9-17-52(21-30)35-14-13-31(36(49-35)38(53)54)32(20-45)29(2)47-27-42-22-40(3)24-43(55-19-18-51-15-7-8-16-51)25-41(4,23-42)44(40,43)26-42;/h5-6,11-14,20,46H,7-10,15-19,22-27H2,1-4H3,(H2,45,47)(H,48,50)(H,53,54);/q-2;+1/b37-28+;. The Balaban J connectivity index is 0.00000455. The summed E-state index contributed by atoms with van der Waals surface area (Å²) in [7, 11) is 0. The molecule has 2 unspecified atom stereocenters. The van der Waals surface area contributed by atoms with Crippen molar-refractivity contribution in [1.29, 1.82) is 0 Å². The zero-order chi connectivity index (χ0) is 39.1. The third kappa shape index (κ3) is 6.28. The normalized spacial score (nSPS) is 32.3. The number of likely N-dealkylation sites (tertiary alicyclic amines) is 1. The number of pyridine rings is 1. The molecule has 4 aliphatic carbocycles. The molecule has 57 heavy (non-hydrogen) atoms. The minimum atomic E-state index is -1.13. The third-order valence-corrected chi connectivity index (χ3v) is 15.6. The van der Waals surface area contributed by atoms with E-state index in [1.165, 1.54) is 43.5 Å². The van der Waals surface area contributed by atoms with Gasteiger partial charge < -0.3 is 36.4 Å². The Kier molecular flexibility index (Phi) is 10.3. The second kappa shape index (κ2) is 14.6. The number of nitrogens with one attached hydrogen (secondary N) is 2. The molecule has 2 atom stereocenters. The molecule has 296 valence electrons. The zero-order valence-electron chi connectivity index (χ0n) is 34.1. The molecule has 13 heteroatoms. The van der Waals surface area contributed by atoms with Crippen molar-refractivity contribution in [1.82, 2.24) is 14.9 Å². The average Bonchev–Trinajstić information content (AvgIpc) is 3.94. The van der Waals surface area contributed by atoms with Gasteiger partial charge in [-0.2, -0.15) is 0 Å². The first-order valence-corrected chi connectivity index (χ1v) is 21.1. The first kappa shape index (κ1) is 40.1. The first-order valence-electron chi connectivity index (χ1n) is 20.3. The van der Waals surface area contributed by atoms with E-state index in [1.807, 2.05) is 49.1 Å². The fourth-order valence-electron chi connectivity index (χ4n) is 12.9. The van der Waals surface area contributed by atoms with E-state index < -0.39 is 5.97 Å². The number of aliphatic imine (C=N–C) groups is 1. The van der Waals surface area contributed by atoms with E-state index in [2.05, 4.69) is 40.2 Å². The van der Waals surface area contributed by atoms with Crippen molar-refractivity contribution < 1.29 is 33.5 Å². The van der Waals surface area contributed by atoms with Crippen LogP contribution in [0.1, 0.15) is 102 Å². The summed E-state index contributed by atoms with van der Waals surface area (Å²) in [6, 6.07) is 11.5. The summed E-state index contributed by atoms with van der Waals surface area (Å²) in [5, 5.41) is 14.3. The Bertz CT molecular complexity index is 2170. The number of para-hydroxylation sites is 1. The summed E-state index contributed by atoms with van der Waals surface area (Å²) < 4.78 is 7.96. The molecule has 9 rings (SSSR count). The molecule has 0 radical (unpaired) electrons. The number of carbonyl (C=O) groups is 1. The third-order valence-electron chi connectivity index (χ3n) is 14.6. The van der Waals surface area contributed by atoms with Gasteiger partial charge in [0.2, 0.25) is 0 Å². The summed E-state index contributed by atoms with van der Waals surface area (Å²) in [5.74, 6) is -0.380. The molecule has 2 aliphatic heterocycles. The van der Waals surface area contributed by atoms with Gasteiger partial charge in [-0.25, -0.2) is 9.78 Å². The molecule has 1 spiro atoms. The van der Waals surface area contributed by atoms with E-state index in [4.69, 9.17) is 21.2 Å². The Hall–Kier alpha value is -3.66. The van der Waals surface area contributed by atoms with Crippen molar-refractivity contribution in [2.75, 3.05) is 49.5 Å². The van der Waals surface area contributed by atoms with Gasteiger partial charge in [0.1, 0.15) is 10.8 Å². The molecule has 4 saturated carbocycles. The predicted octanol–water partition coefficient (Wildman–Crippen LogP) is 5.68.